The normalized spacial score (nSPS) is 15.6. The van der Waals surface area contributed by atoms with Crippen LogP contribution in [0.5, 0.6) is 0 Å². The highest BCUT2D eigenvalue weighted by Crippen LogP contribution is 2.32. The molecule has 0 nitrogen and oxygen atoms in total. The summed E-state index contributed by atoms with van der Waals surface area (Å²) in [6.45, 7) is 0. The van der Waals surface area contributed by atoms with Gasteiger partial charge in [0.25, 0.3) is 0 Å². The van der Waals surface area contributed by atoms with Crippen LogP contribution in [0.25, 0.3) is 0 Å². The molecule has 0 saturated carbocycles. The van der Waals surface area contributed by atoms with E-state index in [4.69, 9.17) is 23.2 Å². The van der Waals surface area contributed by atoms with Crippen LogP contribution in [0.2, 0.25) is 5.02 Å². The maximum absolute atomic E-state index is 13.9. The van der Waals surface area contributed by atoms with E-state index in [1.807, 2.05) is 0 Å². The standard InChI is InChI=1S/C18H17Cl2F/c19-16-6-3-7-18(21)15(16)11-17(20)14-9-8-12-4-1-2-5-13(12)10-14/h3,6-10,17H,1-2,4-5,11H2. The van der Waals surface area contributed by atoms with Crippen LogP contribution in [0, 0.1) is 5.82 Å². The molecule has 3 rings (SSSR count). The lowest BCUT2D eigenvalue weighted by molar-refractivity contribution is 0.607. The van der Waals surface area contributed by atoms with Crippen LogP contribution in [0.1, 0.15) is 40.5 Å². The van der Waals surface area contributed by atoms with Gasteiger partial charge in [0, 0.05) is 10.6 Å². The molecule has 0 saturated heterocycles. The number of hydrogen-bond donors (Lipinski definition) is 0. The first-order valence-corrected chi connectivity index (χ1v) is 8.15. The van der Waals surface area contributed by atoms with Crippen molar-refractivity contribution < 1.29 is 4.39 Å². The Morgan fingerprint density at radius 2 is 1.81 bits per heavy atom. The van der Waals surface area contributed by atoms with Gasteiger partial charge in [-0.25, -0.2) is 4.39 Å². The van der Waals surface area contributed by atoms with Crippen molar-refractivity contribution in [2.24, 2.45) is 0 Å². The van der Waals surface area contributed by atoms with E-state index < -0.39 is 0 Å². The Bertz CT molecular complexity index is 631. The summed E-state index contributed by atoms with van der Waals surface area (Å²) in [7, 11) is 0. The zero-order chi connectivity index (χ0) is 14.8. The molecule has 0 aromatic heterocycles. The second kappa shape index (κ2) is 6.37. The van der Waals surface area contributed by atoms with Crippen molar-refractivity contribution in [2.45, 2.75) is 37.5 Å². The van der Waals surface area contributed by atoms with Crippen molar-refractivity contribution in [3.63, 3.8) is 0 Å². The van der Waals surface area contributed by atoms with E-state index in [2.05, 4.69) is 18.2 Å². The summed E-state index contributed by atoms with van der Waals surface area (Å²) in [5.41, 5.74) is 4.37. The molecule has 1 aliphatic rings. The lowest BCUT2D eigenvalue weighted by atomic mass is 9.89. The smallest absolute Gasteiger partial charge is 0.127 e. The summed E-state index contributed by atoms with van der Waals surface area (Å²) < 4.78 is 13.9. The lowest BCUT2D eigenvalue weighted by Crippen LogP contribution is -2.05. The van der Waals surface area contributed by atoms with Crippen molar-refractivity contribution in [1.82, 2.24) is 0 Å². The predicted molar refractivity (Wildman–Crippen MR) is 86.8 cm³/mol. The van der Waals surface area contributed by atoms with Crippen LogP contribution in [-0.2, 0) is 19.3 Å². The Morgan fingerprint density at radius 3 is 2.57 bits per heavy atom. The molecule has 0 amide bonds. The Hall–Kier alpha value is -1.05. The van der Waals surface area contributed by atoms with Crippen molar-refractivity contribution in [3.8, 4) is 0 Å². The van der Waals surface area contributed by atoms with E-state index in [0.717, 1.165) is 18.4 Å². The minimum Gasteiger partial charge on any atom is -0.207 e. The van der Waals surface area contributed by atoms with Crippen LogP contribution in [0.3, 0.4) is 0 Å². The highest BCUT2D eigenvalue weighted by atomic mass is 35.5. The van der Waals surface area contributed by atoms with Gasteiger partial charge in [0.2, 0.25) is 0 Å². The third kappa shape index (κ3) is 3.25. The van der Waals surface area contributed by atoms with Crippen LogP contribution in [0.4, 0.5) is 4.39 Å². The maximum Gasteiger partial charge on any atom is 0.127 e. The Balaban J connectivity index is 1.84. The number of hydrogen-bond acceptors (Lipinski definition) is 0. The van der Waals surface area contributed by atoms with E-state index >= 15 is 0 Å². The number of fused-ring (bicyclic) bond motifs is 1. The van der Waals surface area contributed by atoms with Gasteiger partial charge in [-0.15, -0.1) is 11.6 Å². The molecule has 0 fully saturated rings. The molecule has 3 heteroatoms. The molecule has 0 aliphatic heterocycles. The molecule has 1 atom stereocenters. The minimum absolute atomic E-state index is 0.258. The number of aryl methyl sites for hydroxylation is 2. The Kier molecular flexibility index (Phi) is 4.51. The highest BCUT2D eigenvalue weighted by Gasteiger charge is 2.17. The topological polar surface area (TPSA) is 0 Å². The van der Waals surface area contributed by atoms with Crippen LogP contribution < -0.4 is 0 Å². The van der Waals surface area contributed by atoms with E-state index in [1.165, 1.54) is 30.0 Å². The maximum atomic E-state index is 13.9. The highest BCUT2D eigenvalue weighted by molar-refractivity contribution is 6.31. The molecule has 110 valence electrons. The zero-order valence-electron chi connectivity index (χ0n) is 11.7. The fourth-order valence-electron chi connectivity index (χ4n) is 2.97. The van der Waals surface area contributed by atoms with Crippen molar-refractivity contribution in [2.75, 3.05) is 0 Å². The van der Waals surface area contributed by atoms with Gasteiger partial charge in [0.1, 0.15) is 5.82 Å². The minimum atomic E-state index is -0.286. The van der Waals surface area contributed by atoms with E-state index in [-0.39, 0.29) is 11.2 Å². The van der Waals surface area contributed by atoms with Crippen molar-refractivity contribution in [1.29, 1.82) is 0 Å². The van der Waals surface area contributed by atoms with Crippen LogP contribution in [-0.4, -0.2) is 0 Å². The van der Waals surface area contributed by atoms with Gasteiger partial charge >= 0.3 is 0 Å². The molecule has 0 bridgehead atoms. The second-order valence-corrected chi connectivity index (χ2v) is 6.54. The molecule has 1 aliphatic carbocycles. The van der Waals surface area contributed by atoms with Gasteiger partial charge in [0.15, 0.2) is 0 Å². The van der Waals surface area contributed by atoms with Crippen LogP contribution in [0.15, 0.2) is 36.4 Å². The van der Waals surface area contributed by atoms with Crippen LogP contribution >= 0.6 is 23.2 Å². The third-order valence-corrected chi connectivity index (χ3v) is 4.94. The first kappa shape index (κ1) is 14.9. The Morgan fingerprint density at radius 1 is 1.05 bits per heavy atom. The number of rotatable bonds is 3. The Labute approximate surface area is 134 Å². The summed E-state index contributed by atoms with van der Waals surface area (Å²) in [5.74, 6) is -0.286. The van der Waals surface area contributed by atoms with Gasteiger partial charge in [-0.05, 0) is 60.9 Å². The first-order valence-electron chi connectivity index (χ1n) is 7.34. The summed E-state index contributed by atoms with van der Waals surface area (Å²) in [6.07, 6.45) is 5.19. The fourth-order valence-corrected chi connectivity index (χ4v) is 3.50. The predicted octanol–water partition coefficient (Wildman–Crippen LogP) is 5.88. The quantitative estimate of drug-likeness (QED) is 0.619. The molecule has 21 heavy (non-hydrogen) atoms. The monoisotopic (exact) mass is 322 g/mol. The molecular formula is C18H17Cl2F. The summed E-state index contributed by atoms with van der Waals surface area (Å²) in [5, 5.41) is 0.185. The fraction of sp³-hybridized carbons (Fsp3) is 0.333. The number of halogens is 3. The van der Waals surface area contributed by atoms with Gasteiger partial charge in [-0.3, -0.25) is 0 Å². The molecule has 0 heterocycles. The van der Waals surface area contributed by atoms with Crippen molar-refractivity contribution in [3.05, 3.63) is 69.5 Å². The van der Waals surface area contributed by atoms with Gasteiger partial charge < -0.3 is 0 Å². The number of alkyl halides is 1. The van der Waals surface area contributed by atoms with E-state index in [1.54, 1.807) is 12.1 Å². The zero-order valence-corrected chi connectivity index (χ0v) is 13.2. The van der Waals surface area contributed by atoms with E-state index in [0.29, 0.717) is 17.0 Å². The summed E-state index contributed by atoms with van der Waals surface area (Å²) >= 11 is 12.6. The molecule has 0 radical (unpaired) electrons. The summed E-state index contributed by atoms with van der Waals surface area (Å²) in [6, 6.07) is 11.2. The van der Waals surface area contributed by atoms with Gasteiger partial charge in [-0.2, -0.15) is 0 Å². The van der Waals surface area contributed by atoms with Gasteiger partial charge in [0.05, 0.1) is 5.38 Å². The molecule has 0 spiro atoms. The molecular weight excluding hydrogens is 306 g/mol. The molecule has 2 aromatic carbocycles. The number of benzene rings is 2. The average molecular weight is 323 g/mol. The first-order chi connectivity index (χ1) is 10.1. The van der Waals surface area contributed by atoms with Gasteiger partial charge in [-0.1, -0.05) is 35.9 Å². The van der Waals surface area contributed by atoms with Crippen molar-refractivity contribution >= 4 is 23.2 Å². The second-order valence-electron chi connectivity index (χ2n) is 5.61. The average Bonchev–Trinajstić information content (AvgIpc) is 2.50. The lowest BCUT2D eigenvalue weighted by Gasteiger charge is -2.19. The third-order valence-electron chi connectivity index (χ3n) is 4.18. The molecule has 0 N–H and O–H groups in total. The SMILES string of the molecule is Fc1cccc(Cl)c1CC(Cl)c1ccc2c(c1)CCCC2. The summed E-state index contributed by atoms with van der Waals surface area (Å²) in [4.78, 5) is 0. The van der Waals surface area contributed by atoms with E-state index in [9.17, 15) is 4.39 Å². The molecule has 1 unspecified atom stereocenters. The molecule has 2 aromatic rings. The largest absolute Gasteiger partial charge is 0.207 e.